The van der Waals surface area contributed by atoms with Gasteiger partial charge in [-0.1, -0.05) is 6.07 Å². The van der Waals surface area contributed by atoms with Crippen LogP contribution in [0.4, 0.5) is 11.5 Å². The second kappa shape index (κ2) is 7.54. The molecule has 0 spiro atoms. The van der Waals surface area contributed by atoms with E-state index in [1.807, 2.05) is 53.9 Å². The molecule has 2 aromatic heterocycles. The molecule has 0 unspecified atom stereocenters. The standard InChI is InChI=1S/C22H26N4O2/c1-15-7-8-19(28-3)18(13-15)24-21-16-9-12-25(2)20(16)17(14-23-21)22(27)26-10-5-4-6-11-26/h7-9,12-14H,4-6,10-11H2,1-3H3,(H,23,24). The maximum Gasteiger partial charge on any atom is 0.257 e. The van der Waals surface area contributed by atoms with Gasteiger partial charge in [0.1, 0.15) is 11.6 Å². The second-order valence-corrected chi connectivity index (χ2v) is 7.39. The number of pyridine rings is 1. The maximum absolute atomic E-state index is 13.1. The number of hydrogen-bond donors (Lipinski definition) is 1. The zero-order chi connectivity index (χ0) is 19.7. The van der Waals surface area contributed by atoms with Gasteiger partial charge in [-0.15, -0.1) is 0 Å². The molecule has 3 aromatic rings. The van der Waals surface area contributed by atoms with Gasteiger partial charge >= 0.3 is 0 Å². The van der Waals surface area contributed by atoms with Gasteiger partial charge in [-0.05, 0) is 49.9 Å². The van der Waals surface area contributed by atoms with Crippen LogP contribution >= 0.6 is 0 Å². The van der Waals surface area contributed by atoms with E-state index in [0.717, 1.165) is 59.7 Å². The minimum absolute atomic E-state index is 0.0682. The van der Waals surface area contributed by atoms with Crippen molar-refractivity contribution < 1.29 is 9.53 Å². The van der Waals surface area contributed by atoms with Crippen LogP contribution in [0.2, 0.25) is 0 Å². The number of carbonyl (C=O) groups is 1. The average molecular weight is 378 g/mol. The van der Waals surface area contributed by atoms with Crippen molar-refractivity contribution in [1.82, 2.24) is 14.5 Å². The zero-order valence-corrected chi connectivity index (χ0v) is 16.7. The number of benzene rings is 1. The Balaban J connectivity index is 1.74. The summed E-state index contributed by atoms with van der Waals surface area (Å²) in [6.45, 7) is 3.69. The van der Waals surface area contributed by atoms with Crippen LogP contribution < -0.4 is 10.1 Å². The second-order valence-electron chi connectivity index (χ2n) is 7.39. The van der Waals surface area contributed by atoms with Crippen LogP contribution in [0.5, 0.6) is 5.75 Å². The zero-order valence-electron chi connectivity index (χ0n) is 16.7. The number of nitrogens with zero attached hydrogens (tertiary/aromatic N) is 3. The fraction of sp³-hybridized carbons (Fsp3) is 0.364. The molecule has 0 bridgehead atoms. The van der Waals surface area contributed by atoms with Gasteiger partial charge in [0.15, 0.2) is 0 Å². The Morgan fingerprint density at radius 2 is 1.96 bits per heavy atom. The first-order valence-corrected chi connectivity index (χ1v) is 9.73. The lowest BCUT2D eigenvalue weighted by molar-refractivity contribution is 0.0725. The smallest absolute Gasteiger partial charge is 0.257 e. The van der Waals surface area contributed by atoms with Gasteiger partial charge in [-0.3, -0.25) is 4.79 Å². The SMILES string of the molecule is COc1ccc(C)cc1Nc1ncc(C(=O)N2CCCCC2)c2c1ccn2C. The van der Waals surface area contributed by atoms with Crippen LogP contribution in [-0.2, 0) is 7.05 Å². The number of aromatic nitrogens is 2. The van der Waals surface area contributed by atoms with E-state index in [4.69, 9.17) is 4.74 Å². The first-order valence-electron chi connectivity index (χ1n) is 9.73. The molecule has 3 heterocycles. The molecular weight excluding hydrogens is 352 g/mol. The Morgan fingerprint density at radius 3 is 2.71 bits per heavy atom. The molecule has 1 amide bonds. The Labute approximate surface area is 165 Å². The van der Waals surface area contributed by atoms with E-state index < -0.39 is 0 Å². The van der Waals surface area contributed by atoms with E-state index in [2.05, 4.69) is 10.3 Å². The highest BCUT2D eigenvalue weighted by atomic mass is 16.5. The number of nitrogens with one attached hydrogen (secondary N) is 1. The lowest BCUT2D eigenvalue weighted by Crippen LogP contribution is -2.35. The van der Waals surface area contributed by atoms with E-state index in [1.165, 1.54) is 6.42 Å². The molecular formula is C22H26N4O2. The summed E-state index contributed by atoms with van der Waals surface area (Å²) in [5.41, 5.74) is 3.55. The predicted molar refractivity (Wildman–Crippen MR) is 111 cm³/mol. The van der Waals surface area contributed by atoms with Crippen LogP contribution in [0.3, 0.4) is 0 Å². The number of ether oxygens (including phenoxy) is 1. The van der Waals surface area contributed by atoms with Crippen molar-refractivity contribution in [2.75, 3.05) is 25.5 Å². The molecule has 1 fully saturated rings. The average Bonchev–Trinajstić information content (AvgIpc) is 3.11. The topological polar surface area (TPSA) is 59.4 Å². The monoisotopic (exact) mass is 378 g/mol. The molecule has 0 aliphatic carbocycles. The van der Waals surface area contributed by atoms with Gasteiger partial charge in [-0.25, -0.2) is 4.98 Å². The summed E-state index contributed by atoms with van der Waals surface area (Å²) in [5.74, 6) is 1.54. The Hall–Kier alpha value is -3.02. The number of fused-ring (bicyclic) bond motifs is 1. The van der Waals surface area contributed by atoms with Crippen molar-refractivity contribution in [3.8, 4) is 5.75 Å². The van der Waals surface area contributed by atoms with Crippen molar-refractivity contribution in [2.45, 2.75) is 26.2 Å². The minimum Gasteiger partial charge on any atom is -0.495 e. The van der Waals surface area contributed by atoms with Gasteiger partial charge in [0.2, 0.25) is 0 Å². The molecule has 1 aromatic carbocycles. The molecule has 1 N–H and O–H groups in total. The highest BCUT2D eigenvalue weighted by Crippen LogP contribution is 2.33. The molecule has 28 heavy (non-hydrogen) atoms. The number of anilines is 2. The third kappa shape index (κ3) is 3.30. The van der Waals surface area contributed by atoms with Crippen molar-refractivity contribution in [3.63, 3.8) is 0 Å². The van der Waals surface area contributed by atoms with E-state index >= 15 is 0 Å². The molecule has 1 aliphatic heterocycles. The minimum atomic E-state index is 0.0682. The fourth-order valence-corrected chi connectivity index (χ4v) is 3.89. The number of likely N-dealkylation sites (tertiary alicyclic amines) is 1. The molecule has 6 heteroatoms. The lowest BCUT2D eigenvalue weighted by Gasteiger charge is -2.27. The number of aryl methyl sites for hydroxylation is 2. The highest BCUT2D eigenvalue weighted by Gasteiger charge is 2.23. The summed E-state index contributed by atoms with van der Waals surface area (Å²) in [7, 11) is 3.62. The molecule has 1 aliphatic rings. The van der Waals surface area contributed by atoms with E-state index in [1.54, 1.807) is 13.3 Å². The number of piperidine rings is 1. The van der Waals surface area contributed by atoms with Gasteiger partial charge in [-0.2, -0.15) is 0 Å². The maximum atomic E-state index is 13.1. The first-order chi connectivity index (χ1) is 13.6. The molecule has 146 valence electrons. The number of hydrogen-bond acceptors (Lipinski definition) is 4. The van der Waals surface area contributed by atoms with Crippen molar-refractivity contribution in [3.05, 3.63) is 47.8 Å². The Morgan fingerprint density at radius 1 is 1.18 bits per heavy atom. The molecule has 4 rings (SSSR count). The largest absolute Gasteiger partial charge is 0.495 e. The number of methoxy groups -OCH3 is 1. The van der Waals surface area contributed by atoms with E-state index in [9.17, 15) is 4.79 Å². The Bertz CT molecular complexity index is 1020. The van der Waals surface area contributed by atoms with Gasteiger partial charge in [0.05, 0.1) is 23.9 Å². The summed E-state index contributed by atoms with van der Waals surface area (Å²) >= 11 is 0. The number of rotatable bonds is 4. The summed E-state index contributed by atoms with van der Waals surface area (Å²) in [4.78, 5) is 19.7. The van der Waals surface area contributed by atoms with Gasteiger partial charge < -0.3 is 19.5 Å². The quantitative estimate of drug-likeness (QED) is 0.737. The normalized spacial score (nSPS) is 14.3. The third-order valence-corrected chi connectivity index (χ3v) is 5.39. The fourth-order valence-electron chi connectivity index (χ4n) is 3.89. The van der Waals surface area contributed by atoms with Crippen LogP contribution in [0.1, 0.15) is 35.2 Å². The van der Waals surface area contributed by atoms with Crippen molar-refractivity contribution in [1.29, 1.82) is 0 Å². The lowest BCUT2D eigenvalue weighted by atomic mass is 10.1. The van der Waals surface area contributed by atoms with Crippen LogP contribution in [0, 0.1) is 6.92 Å². The van der Waals surface area contributed by atoms with Crippen LogP contribution in [0.15, 0.2) is 36.7 Å². The summed E-state index contributed by atoms with van der Waals surface area (Å²) in [5, 5.41) is 4.32. The molecule has 1 saturated heterocycles. The van der Waals surface area contributed by atoms with Gasteiger partial charge in [0.25, 0.3) is 5.91 Å². The highest BCUT2D eigenvalue weighted by molar-refractivity contribution is 6.08. The van der Waals surface area contributed by atoms with E-state index in [0.29, 0.717) is 5.56 Å². The number of carbonyl (C=O) groups excluding carboxylic acids is 1. The van der Waals surface area contributed by atoms with Gasteiger partial charge in [0, 0.05) is 37.9 Å². The van der Waals surface area contributed by atoms with E-state index in [-0.39, 0.29) is 5.91 Å². The summed E-state index contributed by atoms with van der Waals surface area (Å²) in [6.07, 6.45) is 7.01. The third-order valence-electron chi connectivity index (χ3n) is 5.39. The summed E-state index contributed by atoms with van der Waals surface area (Å²) in [6, 6.07) is 7.98. The molecule has 0 radical (unpaired) electrons. The molecule has 0 atom stereocenters. The first kappa shape index (κ1) is 18.3. The Kier molecular flexibility index (Phi) is 4.94. The van der Waals surface area contributed by atoms with Crippen molar-refractivity contribution >= 4 is 28.3 Å². The summed E-state index contributed by atoms with van der Waals surface area (Å²) < 4.78 is 7.47. The molecule has 6 nitrogen and oxygen atoms in total. The van der Waals surface area contributed by atoms with Crippen molar-refractivity contribution in [2.24, 2.45) is 7.05 Å². The van der Waals surface area contributed by atoms with Crippen LogP contribution in [0.25, 0.3) is 10.9 Å². The number of amides is 1. The predicted octanol–water partition coefficient (Wildman–Crippen LogP) is 4.26. The van der Waals surface area contributed by atoms with Crippen LogP contribution in [-0.4, -0.2) is 40.6 Å². The molecule has 0 saturated carbocycles.